The van der Waals surface area contributed by atoms with Crippen LogP contribution in [0.25, 0.3) is 28.6 Å². The van der Waals surface area contributed by atoms with Crippen LogP contribution < -0.4 is 5.32 Å². The molecule has 0 atom stereocenters. The summed E-state index contributed by atoms with van der Waals surface area (Å²) in [5.41, 5.74) is 5.16. The molecule has 0 radical (unpaired) electrons. The zero-order chi connectivity index (χ0) is 22.6. The Balaban J connectivity index is 1.23. The van der Waals surface area contributed by atoms with Crippen molar-refractivity contribution in [1.29, 1.82) is 0 Å². The number of nitrogens with one attached hydrogen (secondary N) is 1. The summed E-state index contributed by atoms with van der Waals surface area (Å²) in [6.07, 6.45) is 3.65. The molecule has 33 heavy (non-hydrogen) atoms. The third-order valence-electron chi connectivity index (χ3n) is 5.30. The van der Waals surface area contributed by atoms with Gasteiger partial charge in [0.1, 0.15) is 0 Å². The summed E-state index contributed by atoms with van der Waals surface area (Å²) >= 11 is 0. The Morgan fingerprint density at radius 2 is 1.64 bits per heavy atom. The monoisotopic (exact) mass is 435 g/mol. The predicted molar refractivity (Wildman–Crippen MR) is 125 cm³/mol. The first-order valence-electron chi connectivity index (χ1n) is 10.5. The van der Waals surface area contributed by atoms with Crippen LogP contribution in [-0.2, 0) is 6.54 Å². The second-order valence-electron chi connectivity index (χ2n) is 7.62. The number of benzene rings is 3. The highest BCUT2D eigenvalue weighted by molar-refractivity contribution is 5.94. The van der Waals surface area contributed by atoms with Gasteiger partial charge in [0.15, 0.2) is 0 Å². The van der Waals surface area contributed by atoms with Gasteiger partial charge in [0, 0.05) is 35.0 Å². The third-order valence-corrected chi connectivity index (χ3v) is 5.30. The maximum absolute atomic E-state index is 12.6. The van der Waals surface area contributed by atoms with Crippen LogP contribution in [-0.4, -0.2) is 25.9 Å². The molecule has 0 bridgehead atoms. The second-order valence-corrected chi connectivity index (χ2v) is 7.62. The fourth-order valence-electron chi connectivity index (χ4n) is 3.48. The van der Waals surface area contributed by atoms with Crippen LogP contribution in [0.3, 0.4) is 0 Å². The first-order chi connectivity index (χ1) is 16.2. The van der Waals surface area contributed by atoms with E-state index in [4.69, 9.17) is 4.42 Å². The van der Waals surface area contributed by atoms with Gasteiger partial charge in [-0.25, -0.2) is 4.68 Å². The van der Waals surface area contributed by atoms with E-state index in [9.17, 15) is 4.79 Å². The lowest BCUT2D eigenvalue weighted by atomic mass is 10.1. The highest BCUT2D eigenvalue weighted by Gasteiger charge is 2.13. The summed E-state index contributed by atoms with van der Waals surface area (Å²) in [4.78, 5) is 12.6. The van der Waals surface area contributed by atoms with Crippen LogP contribution in [0.2, 0.25) is 0 Å². The van der Waals surface area contributed by atoms with Gasteiger partial charge in [-0.1, -0.05) is 36.4 Å². The van der Waals surface area contributed by atoms with Gasteiger partial charge in [-0.15, -0.1) is 10.2 Å². The number of hydrogen-bond donors (Lipinski definition) is 1. The maximum atomic E-state index is 12.6. The number of carbonyl (C=O) groups is 1. The van der Waals surface area contributed by atoms with Crippen molar-refractivity contribution in [1.82, 2.24) is 25.3 Å². The van der Waals surface area contributed by atoms with Gasteiger partial charge >= 0.3 is 0 Å². The zero-order valence-electron chi connectivity index (χ0n) is 18.0. The van der Waals surface area contributed by atoms with Crippen molar-refractivity contribution in [3.05, 3.63) is 108 Å². The first kappa shape index (κ1) is 20.4. The quantitative estimate of drug-likeness (QED) is 0.413. The Labute approximate surface area is 190 Å². The molecule has 0 aliphatic carbocycles. The minimum Gasteiger partial charge on any atom is -0.416 e. The molecule has 162 valence electrons. The summed E-state index contributed by atoms with van der Waals surface area (Å²) in [6, 6.07) is 24.8. The van der Waals surface area contributed by atoms with E-state index in [-0.39, 0.29) is 5.91 Å². The second kappa shape index (κ2) is 8.92. The van der Waals surface area contributed by atoms with Crippen molar-refractivity contribution < 1.29 is 9.21 Å². The van der Waals surface area contributed by atoms with E-state index in [0.717, 1.165) is 27.9 Å². The minimum absolute atomic E-state index is 0.167. The van der Waals surface area contributed by atoms with Gasteiger partial charge in [0.2, 0.25) is 11.8 Å². The van der Waals surface area contributed by atoms with E-state index in [0.29, 0.717) is 23.9 Å². The number of hydrogen-bond acceptors (Lipinski definition) is 5. The molecule has 2 heterocycles. The van der Waals surface area contributed by atoms with Gasteiger partial charge in [-0.2, -0.15) is 5.10 Å². The summed E-state index contributed by atoms with van der Waals surface area (Å²) in [5, 5.41) is 15.6. The van der Waals surface area contributed by atoms with Crippen LogP contribution in [0.4, 0.5) is 0 Å². The SMILES string of the molecule is Cc1ccccc1-c1nnc(-c2ccc(C(=O)NCc3cnn(-c4ccccc4)c3)cc2)o1. The normalized spacial score (nSPS) is 10.8. The van der Waals surface area contributed by atoms with Gasteiger partial charge in [0.25, 0.3) is 5.91 Å². The standard InChI is InChI=1S/C26H21N5O2/c1-18-7-5-6-10-23(18)26-30-29-25(33-26)21-13-11-20(12-14-21)24(32)27-15-19-16-28-31(17-19)22-8-3-2-4-9-22/h2-14,16-17H,15H2,1H3,(H,27,32). The molecule has 5 aromatic rings. The van der Waals surface area contributed by atoms with E-state index in [2.05, 4.69) is 20.6 Å². The number of aromatic nitrogens is 4. The number of rotatable bonds is 6. The smallest absolute Gasteiger partial charge is 0.251 e. The number of para-hydroxylation sites is 1. The number of carbonyl (C=O) groups excluding carboxylic acids is 1. The molecule has 7 nitrogen and oxygen atoms in total. The Morgan fingerprint density at radius 1 is 0.909 bits per heavy atom. The van der Waals surface area contributed by atoms with Crippen LogP contribution in [0.15, 0.2) is 95.7 Å². The van der Waals surface area contributed by atoms with E-state index in [1.165, 1.54) is 0 Å². The molecule has 0 saturated heterocycles. The number of aryl methyl sites for hydroxylation is 1. The average Bonchev–Trinajstić information content (AvgIpc) is 3.54. The molecule has 1 N–H and O–H groups in total. The topological polar surface area (TPSA) is 85.8 Å². The lowest BCUT2D eigenvalue weighted by Gasteiger charge is -2.04. The molecular weight excluding hydrogens is 414 g/mol. The predicted octanol–water partition coefficient (Wildman–Crippen LogP) is 4.83. The van der Waals surface area contributed by atoms with Crippen molar-refractivity contribution in [3.8, 4) is 28.6 Å². The van der Waals surface area contributed by atoms with Crippen molar-refractivity contribution in [2.24, 2.45) is 0 Å². The molecule has 5 rings (SSSR count). The van der Waals surface area contributed by atoms with Crippen molar-refractivity contribution >= 4 is 5.91 Å². The summed E-state index contributed by atoms with van der Waals surface area (Å²) in [6.45, 7) is 2.39. The molecule has 3 aromatic carbocycles. The van der Waals surface area contributed by atoms with Crippen LogP contribution >= 0.6 is 0 Å². The Bertz CT molecular complexity index is 1390. The zero-order valence-corrected chi connectivity index (χ0v) is 18.0. The van der Waals surface area contributed by atoms with E-state index in [1.54, 1.807) is 35.1 Å². The molecule has 0 spiro atoms. The van der Waals surface area contributed by atoms with E-state index in [1.807, 2.05) is 67.7 Å². The summed E-state index contributed by atoms with van der Waals surface area (Å²) in [5.74, 6) is 0.717. The number of nitrogens with zero attached hydrogens (tertiary/aromatic N) is 4. The van der Waals surface area contributed by atoms with Crippen molar-refractivity contribution in [2.45, 2.75) is 13.5 Å². The molecular formula is C26H21N5O2. The van der Waals surface area contributed by atoms with Crippen LogP contribution in [0.1, 0.15) is 21.5 Å². The van der Waals surface area contributed by atoms with Gasteiger partial charge in [-0.05, 0) is 55.0 Å². The molecule has 0 aliphatic rings. The molecule has 0 aliphatic heterocycles. The largest absolute Gasteiger partial charge is 0.416 e. The average molecular weight is 435 g/mol. The maximum Gasteiger partial charge on any atom is 0.251 e. The minimum atomic E-state index is -0.167. The van der Waals surface area contributed by atoms with E-state index < -0.39 is 0 Å². The molecule has 0 unspecified atom stereocenters. The Morgan fingerprint density at radius 3 is 2.42 bits per heavy atom. The fourth-order valence-corrected chi connectivity index (χ4v) is 3.48. The fraction of sp³-hybridized carbons (Fsp3) is 0.0769. The molecule has 0 fully saturated rings. The highest BCUT2D eigenvalue weighted by atomic mass is 16.4. The first-order valence-corrected chi connectivity index (χ1v) is 10.5. The van der Waals surface area contributed by atoms with Gasteiger partial charge in [0.05, 0.1) is 11.9 Å². The highest BCUT2D eigenvalue weighted by Crippen LogP contribution is 2.26. The van der Waals surface area contributed by atoms with Gasteiger partial charge < -0.3 is 9.73 Å². The Kier molecular flexibility index (Phi) is 5.51. The van der Waals surface area contributed by atoms with Crippen molar-refractivity contribution in [2.75, 3.05) is 0 Å². The van der Waals surface area contributed by atoms with Crippen LogP contribution in [0.5, 0.6) is 0 Å². The molecule has 0 saturated carbocycles. The van der Waals surface area contributed by atoms with Crippen LogP contribution in [0, 0.1) is 6.92 Å². The van der Waals surface area contributed by atoms with Gasteiger partial charge in [-0.3, -0.25) is 4.79 Å². The molecule has 2 aromatic heterocycles. The lowest BCUT2D eigenvalue weighted by Crippen LogP contribution is -2.22. The third kappa shape index (κ3) is 4.43. The summed E-state index contributed by atoms with van der Waals surface area (Å²) < 4.78 is 7.63. The molecule has 7 heteroatoms. The lowest BCUT2D eigenvalue weighted by molar-refractivity contribution is 0.0951. The summed E-state index contributed by atoms with van der Waals surface area (Å²) in [7, 11) is 0. The van der Waals surface area contributed by atoms with Crippen molar-refractivity contribution in [3.63, 3.8) is 0 Å². The molecule has 1 amide bonds. The number of amides is 1. The Hall–Kier alpha value is -4.52. The van der Waals surface area contributed by atoms with E-state index >= 15 is 0 Å².